The third-order valence-electron chi connectivity index (χ3n) is 1.12. The van der Waals surface area contributed by atoms with Gasteiger partial charge in [-0.1, -0.05) is 12.7 Å². The van der Waals surface area contributed by atoms with Crippen molar-refractivity contribution in [3.63, 3.8) is 0 Å². The van der Waals surface area contributed by atoms with Crippen molar-refractivity contribution in [1.29, 1.82) is 0 Å². The lowest BCUT2D eigenvalue weighted by Crippen LogP contribution is -1.98. The van der Waals surface area contributed by atoms with E-state index in [9.17, 15) is 9.59 Å². The van der Waals surface area contributed by atoms with E-state index in [1.165, 1.54) is 13.2 Å². The van der Waals surface area contributed by atoms with Crippen molar-refractivity contribution in [2.45, 2.75) is 20.8 Å². The SMILES string of the molecule is C/C=C/C(=O)OCC.C=C(C)C(=O)OC. The molecular weight excluding hydrogens is 196 g/mol. The monoisotopic (exact) mass is 214 g/mol. The van der Waals surface area contributed by atoms with E-state index < -0.39 is 0 Å². The molecule has 0 rings (SSSR count). The highest BCUT2D eigenvalue weighted by Crippen LogP contribution is 1.87. The van der Waals surface area contributed by atoms with Gasteiger partial charge in [0.15, 0.2) is 0 Å². The molecule has 86 valence electrons. The van der Waals surface area contributed by atoms with Crippen LogP contribution in [0.1, 0.15) is 20.8 Å². The molecule has 4 heteroatoms. The van der Waals surface area contributed by atoms with Gasteiger partial charge in [0, 0.05) is 11.6 Å². The molecular formula is C11H18O4. The number of carbonyl (C=O) groups is 2. The molecule has 4 nitrogen and oxygen atoms in total. The first kappa shape index (κ1) is 15.9. The van der Waals surface area contributed by atoms with Gasteiger partial charge in [0.25, 0.3) is 0 Å². The Bertz CT molecular complexity index is 241. The molecule has 0 unspecified atom stereocenters. The van der Waals surface area contributed by atoms with Gasteiger partial charge >= 0.3 is 11.9 Å². The predicted octanol–water partition coefficient (Wildman–Crippen LogP) is 1.86. The van der Waals surface area contributed by atoms with Crippen molar-refractivity contribution in [3.8, 4) is 0 Å². The van der Waals surface area contributed by atoms with Gasteiger partial charge in [0.05, 0.1) is 13.7 Å². The van der Waals surface area contributed by atoms with E-state index >= 15 is 0 Å². The minimum atomic E-state index is -0.347. The maximum atomic E-state index is 10.3. The molecule has 0 N–H and O–H groups in total. The van der Waals surface area contributed by atoms with Crippen LogP contribution in [0.2, 0.25) is 0 Å². The van der Waals surface area contributed by atoms with Crippen LogP contribution in [0.25, 0.3) is 0 Å². The zero-order valence-corrected chi connectivity index (χ0v) is 9.70. The zero-order chi connectivity index (χ0) is 12.3. The smallest absolute Gasteiger partial charge is 0.332 e. The van der Waals surface area contributed by atoms with Crippen LogP contribution in [0, 0.1) is 0 Å². The average Bonchev–Trinajstić information content (AvgIpc) is 2.18. The van der Waals surface area contributed by atoms with Crippen LogP contribution in [0.5, 0.6) is 0 Å². The number of ether oxygens (including phenoxy) is 2. The van der Waals surface area contributed by atoms with E-state index in [4.69, 9.17) is 0 Å². The molecule has 0 aliphatic heterocycles. The molecule has 0 aromatic rings. The van der Waals surface area contributed by atoms with Crippen LogP contribution in [-0.2, 0) is 19.1 Å². The summed E-state index contributed by atoms with van der Waals surface area (Å²) in [5.41, 5.74) is 0.433. The first-order chi connectivity index (χ1) is 6.99. The number of hydrogen-bond donors (Lipinski definition) is 0. The summed E-state index contributed by atoms with van der Waals surface area (Å²) in [4.78, 5) is 20.5. The second kappa shape index (κ2) is 10.5. The number of esters is 2. The molecule has 0 saturated heterocycles. The quantitative estimate of drug-likeness (QED) is 0.531. The second-order valence-corrected chi connectivity index (χ2v) is 2.52. The van der Waals surface area contributed by atoms with Gasteiger partial charge < -0.3 is 9.47 Å². The van der Waals surface area contributed by atoms with Crippen molar-refractivity contribution in [2.75, 3.05) is 13.7 Å². The van der Waals surface area contributed by atoms with Gasteiger partial charge in [-0.15, -0.1) is 0 Å². The molecule has 0 aromatic carbocycles. The van der Waals surface area contributed by atoms with Crippen molar-refractivity contribution in [3.05, 3.63) is 24.3 Å². The Balaban J connectivity index is 0. The Labute approximate surface area is 90.6 Å². The molecule has 0 aromatic heterocycles. The molecule has 0 spiro atoms. The molecule has 0 saturated carbocycles. The fourth-order valence-electron chi connectivity index (χ4n) is 0.501. The standard InChI is InChI=1S/C6H10O2.C5H8O2/c1-3-5-6(7)8-4-2;1-4(2)5(6)7-3/h3,5H,4H2,1-2H3;1H2,2-3H3/b5-3+;. The fourth-order valence-corrected chi connectivity index (χ4v) is 0.501. The summed E-state index contributed by atoms with van der Waals surface area (Å²) in [5, 5.41) is 0. The van der Waals surface area contributed by atoms with Crippen LogP contribution in [-0.4, -0.2) is 25.7 Å². The summed E-state index contributed by atoms with van der Waals surface area (Å²) in [6, 6.07) is 0. The highest BCUT2D eigenvalue weighted by molar-refractivity contribution is 5.86. The van der Waals surface area contributed by atoms with Crippen molar-refractivity contribution >= 4 is 11.9 Å². The molecule has 0 bridgehead atoms. The van der Waals surface area contributed by atoms with E-state index in [1.807, 2.05) is 0 Å². The molecule has 0 heterocycles. The summed E-state index contributed by atoms with van der Waals surface area (Å²) < 4.78 is 8.83. The van der Waals surface area contributed by atoms with Crippen LogP contribution in [0.3, 0.4) is 0 Å². The molecule has 0 atom stereocenters. The van der Waals surface area contributed by atoms with E-state index in [2.05, 4.69) is 16.1 Å². The Morgan fingerprint density at radius 3 is 2.13 bits per heavy atom. The van der Waals surface area contributed by atoms with Gasteiger partial charge in [-0.25, -0.2) is 9.59 Å². The summed E-state index contributed by atoms with van der Waals surface area (Å²) in [6.45, 7) is 8.96. The summed E-state index contributed by atoms with van der Waals surface area (Å²) in [5.74, 6) is -0.616. The largest absolute Gasteiger partial charge is 0.466 e. The molecule has 15 heavy (non-hydrogen) atoms. The van der Waals surface area contributed by atoms with Crippen molar-refractivity contribution < 1.29 is 19.1 Å². The number of methoxy groups -OCH3 is 1. The third-order valence-corrected chi connectivity index (χ3v) is 1.12. The predicted molar refractivity (Wildman–Crippen MR) is 58.3 cm³/mol. The number of carbonyl (C=O) groups excluding carboxylic acids is 2. The van der Waals surface area contributed by atoms with Crippen LogP contribution in [0.4, 0.5) is 0 Å². The minimum absolute atomic E-state index is 0.269. The zero-order valence-electron chi connectivity index (χ0n) is 9.70. The van der Waals surface area contributed by atoms with Gasteiger partial charge in [0.2, 0.25) is 0 Å². The van der Waals surface area contributed by atoms with Crippen molar-refractivity contribution in [1.82, 2.24) is 0 Å². The van der Waals surface area contributed by atoms with Gasteiger partial charge in [-0.05, 0) is 20.8 Å². The normalized spacial score (nSPS) is 8.80. The molecule has 0 aliphatic carbocycles. The molecule has 0 amide bonds. The van der Waals surface area contributed by atoms with Crippen LogP contribution in [0.15, 0.2) is 24.3 Å². The lowest BCUT2D eigenvalue weighted by molar-refractivity contribution is -0.137. The summed E-state index contributed by atoms with van der Waals surface area (Å²) in [6.07, 6.45) is 3.04. The highest BCUT2D eigenvalue weighted by atomic mass is 16.5. The highest BCUT2D eigenvalue weighted by Gasteiger charge is 1.95. The lowest BCUT2D eigenvalue weighted by Gasteiger charge is -1.91. The Kier molecular flexibility index (Phi) is 11.1. The van der Waals surface area contributed by atoms with E-state index in [1.54, 1.807) is 26.8 Å². The van der Waals surface area contributed by atoms with Gasteiger partial charge in [-0.3, -0.25) is 0 Å². The first-order valence-corrected chi connectivity index (χ1v) is 4.52. The van der Waals surface area contributed by atoms with E-state index in [0.717, 1.165) is 0 Å². The second-order valence-electron chi connectivity index (χ2n) is 2.52. The number of hydrogen-bond acceptors (Lipinski definition) is 4. The Morgan fingerprint density at radius 2 is 1.93 bits per heavy atom. The average molecular weight is 214 g/mol. The molecule has 0 radical (unpaired) electrons. The Morgan fingerprint density at radius 1 is 1.40 bits per heavy atom. The number of allylic oxidation sites excluding steroid dienone is 1. The maximum Gasteiger partial charge on any atom is 0.332 e. The fraction of sp³-hybridized carbons (Fsp3) is 0.455. The van der Waals surface area contributed by atoms with Crippen LogP contribution < -0.4 is 0 Å². The first-order valence-electron chi connectivity index (χ1n) is 4.52. The van der Waals surface area contributed by atoms with Crippen LogP contribution >= 0.6 is 0 Å². The van der Waals surface area contributed by atoms with Crippen molar-refractivity contribution in [2.24, 2.45) is 0 Å². The third kappa shape index (κ3) is 12.4. The summed E-state index contributed by atoms with van der Waals surface area (Å²) in [7, 11) is 1.33. The van der Waals surface area contributed by atoms with Gasteiger partial charge in [0.1, 0.15) is 0 Å². The maximum absolute atomic E-state index is 10.3. The number of rotatable bonds is 3. The topological polar surface area (TPSA) is 52.6 Å². The minimum Gasteiger partial charge on any atom is -0.466 e. The molecule has 0 aliphatic rings. The lowest BCUT2D eigenvalue weighted by atomic mass is 10.4. The van der Waals surface area contributed by atoms with Gasteiger partial charge in [-0.2, -0.15) is 0 Å². The Hall–Kier alpha value is -1.58. The summed E-state index contributed by atoms with van der Waals surface area (Å²) >= 11 is 0. The molecule has 0 fully saturated rings. The van der Waals surface area contributed by atoms with E-state index in [-0.39, 0.29) is 11.9 Å². The van der Waals surface area contributed by atoms with E-state index in [0.29, 0.717) is 12.2 Å².